The van der Waals surface area contributed by atoms with Gasteiger partial charge >= 0.3 is 0 Å². The lowest BCUT2D eigenvalue weighted by Crippen LogP contribution is -2.31. The van der Waals surface area contributed by atoms with E-state index in [2.05, 4.69) is 0 Å². The number of non-ortho nitro benzene ring substituents is 1. The highest BCUT2D eigenvalue weighted by Gasteiger charge is 2.28. The Morgan fingerprint density at radius 1 is 1.15 bits per heavy atom. The van der Waals surface area contributed by atoms with Crippen LogP contribution in [0.5, 0.6) is 0 Å². The number of carbonyl (C=O) groups excluding carboxylic acids is 2. The summed E-state index contributed by atoms with van der Waals surface area (Å²) >= 11 is 0. The van der Waals surface area contributed by atoms with Crippen LogP contribution >= 0.6 is 0 Å². The molecule has 0 N–H and O–H groups in total. The highest BCUT2D eigenvalue weighted by molar-refractivity contribution is 6.17. The van der Waals surface area contributed by atoms with Crippen LogP contribution in [0.3, 0.4) is 0 Å². The summed E-state index contributed by atoms with van der Waals surface area (Å²) in [6.07, 6.45) is 2.20. The summed E-state index contributed by atoms with van der Waals surface area (Å²) in [6.45, 7) is 0.345. The molecule has 0 fully saturated rings. The molecule has 7 heteroatoms. The van der Waals surface area contributed by atoms with Crippen molar-refractivity contribution in [3.8, 4) is 0 Å². The molecule has 0 bridgehead atoms. The van der Waals surface area contributed by atoms with Crippen molar-refractivity contribution in [2.75, 3.05) is 25.5 Å². The number of nitro groups is 1. The monoisotopic (exact) mass is 365 g/mol. The van der Waals surface area contributed by atoms with E-state index < -0.39 is 4.92 Å². The maximum absolute atomic E-state index is 13.0. The smallest absolute Gasteiger partial charge is 0.269 e. The van der Waals surface area contributed by atoms with Crippen molar-refractivity contribution < 1.29 is 14.5 Å². The third kappa shape index (κ3) is 3.72. The molecule has 0 spiro atoms. The Kier molecular flexibility index (Phi) is 5.03. The van der Waals surface area contributed by atoms with Crippen molar-refractivity contribution in [1.82, 2.24) is 4.90 Å². The molecule has 1 amide bonds. The number of hydrogen-bond donors (Lipinski definition) is 0. The van der Waals surface area contributed by atoms with Crippen LogP contribution in [0.4, 0.5) is 11.4 Å². The molecule has 0 unspecified atom stereocenters. The number of fused-ring (bicyclic) bond motifs is 1. The van der Waals surface area contributed by atoms with Gasteiger partial charge < -0.3 is 9.80 Å². The topological polar surface area (TPSA) is 83.8 Å². The first kappa shape index (κ1) is 18.3. The normalized spacial score (nSPS) is 15.3. The summed E-state index contributed by atoms with van der Waals surface area (Å²) in [6, 6.07) is 12.5. The second kappa shape index (κ2) is 7.41. The zero-order valence-corrected chi connectivity index (χ0v) is 15.1. The molecule has 0 aliphatic carbocycles. The van der Waals surface area contributed by atoms with Crippen molar-refractivity contribution in [1.29, 1.82) is 0 Å². The van der Waals surface area contributed by atoms with E-state index in [0.29, 0.717) is 35.4 Å². The standard InChI is InChI=1S/C20H19N3O4/c1-21(2)13-15-11-12-22(18-6-4-3-5-17(18)19(15)24)20(25)14-7-9-16(10-8-14)23(26)27/h3-10,13H,11-12H2,1-2H3. The quantitative estimate of drug-likeness (QED) is 0.473. The van der Waals surface area contributed by atoms with Gasteiger partial charge in [-0.25, -0.2) is 0 Å². The summed E-state index contributed by atoms with van der Waals surface area (Å²) < 4.78 is 0. The van der Waals surface area contributed by atoms with Gasteiger partial charge in [0.25, 0.3) is 11.6 Å². The molecule has 0 radical (unpaired) electrons. The second-order valence-electron chi connectivity index (χ2n) is 6.47. The number of nitrogens with zero attached hydrogens (tertiary/aromatic N) is 3. The molecule has 0 saturated heterocycles. The molecule has 138 valence electrons. The second-order valence-corrected chi connectivity index (χ2v) is 6.47. The highest BCUT2D eigenvalue weighted by atomic mass is 16.6. The van der Waals surface area contributed by atoms with Gasteiger partial charge in [0.05, 0.1) is 10.6 Å². The molecular formula is C20H19N3O4. The minimum Gasteiger partial charge on any atom is -0.383 e. The lowest BCUT2D eigenvalue weighted by molar-refractivity contribution is -0.384. The van der Waals surface area contributed by atoms with Crippen LogP contribution in [0.15, 0.2) is 60.3 Å². The van der Waals surface area contributed by atoms with E-state index in [9.17, 15) is 19.7 Å². The first-order valence-corrected chi connectivity index (χ1v) is 8.45. The molecule has 0 aromatic heterocycles. The van der Waals surface area contributed by atoms with Gasteiger partial charge in [-0.15, -0.1) is 0 Å². The van der Waals surface area contributed by atoms with Gasteiger partial charge in [-0.05, 0) is 30.7 Å². The fourth-order valence-electron chi connectivity index (χ4n) is 3.07. The summed E-state index contributed by atoms with van der Waals surface area (Å²) in [5.41, 5.74) is 1.91. The molecule has 0 saturated carbocycles. The lowest BCUT2D eigenvalue weighted by atomic mass is 10.0. The Morgan fingerprint density at radius 2 is 1.81 bits per heavy atom. The van der Waals surface area contributed by atoms with Crippen molar-refractivity contribution in [3.63, 3.8) is 0 Å². The number of benzene rings is 2. The third-order valence-corrected chi connectivity index (χ3v) is 4.32. The predicted octanol–water partition coefficient (Wildman–Crippen LogP) is 3.27. The number of anilines is 1. The van der Waals surface area contributed by atoms with Crippen molar-refractivity contribution in [2.24, 2.45) is 0 Å². The first-order valence-electron chi connectivity index (χ1n) is 8.45. The molecule has 2 aromatic rings. The molecule has 27 heavy (non-hydrogen) atoms. The van der Waals surface area contributed by atoms with E-state index in [1.165, 1.54) is 24.3 Å². The summed E-state index contributed by atoms with van der Waals surface area (Å²) in [5, 5.41) is 10.8. The fourth-order valence-corrected chi connectivity index (χ4v) is 3.07. The van der Waals surface area contributed by atoms with Gasteiger partial charge in [-0.1, -0.05) is 12.1 Å². The van der Waals surface area contributed by atoms with Gasteiger partial charge in [-0.3, -0.25) is 19.7 Å². The molecule has 1 heterocycles. The van der Waals surface area contributed by atoms with Gasteiger partial charge in [-0.2, -0.15) is 0 Å². The van der Waals surface area contributed by atoms with E-state index in [1.54, 1.807) is 35.4 Å². The van der Waals surface area contributed by atoms with E-state index in [4.69, 9.17) is 0 Å². The van der Waals surface area contributed by atoms with Crippen molar-refractivity contribution in [3.05, 3.63) is 81.5 Å². The fraction of sp³-hybridized carbons (Fsp3) is 0.200. The largest absolute Gasteiger partial charge is 0.383 e. The zero-order chi connectivity index (χ0) is 19.6. The minimum absolute atomic E-state index is 0.0748. The molecule has 7 nitrogen and oxygen atoms in total. The number of rotatable bonds is 3. The highest BCUT2D eigenvalue weighted by Crippen LogP contribution is 2.30. The minimum atomic E-state index is -0.507. The van der Waals surface area contributed by atoms with Gasteiger partial charge in [0.1, 0.15) is 0 Å². The Balaban J connectivity index is 2.00. The van der Waals surface area contributed by atoms with Gasteiger partial charge in [0.2, 0.25) is 0 Å². The first-order chi connectivity index (χ1) is 12.9. The van der Waals surface area contributed by atoms with E-state index in [0.717, 1.165) is 0 Å². The molecule has 1 aliphatic rings. The Bertz CT molecular complexity index is 932. The molecule has 1 aliphatic heterocycles. The third-order valence-electron chi connectivity index (χ3n) is 4.32. The maximum Gasteiger partial charge on any atom is 0.269 e. The summed E-state index contributed by atoms with van der Waals surface area (Å²) in [5.74, 6) is -0.394. The molecule has 3 rings (SSSR count). The molecular weight excluding hydrogens is 346 g/mol. The summed E-state index contributed by atoms with van der Waals surface area (Å²) in [7, 11) is 3.69. The number of nitro benzene ring substituents is 1. The van der Waals surface area contributed by atoms with E-state index >= 15 is 0 Å². The maximum atomic E-state index is 13.0. The average Bonchev–Trinajstić information content (AvgIpc) is 2.79. The number of hydrogen-bond acceptors (Lipinski definition) is 5. The number of ketones is 1. The average molecular weight is 365 g/mol. The number of para-hydroxylation sites is 1. The van der Waals surface area contributed by atoms with Crippen LogP contribution in [-0.4, -0.2) is 42.2 Å². The number of amides is 1. The van der Waals surface area contributed by atoms with Gasteiger partial charge in [0, 0.05) is 55.7 Å². The zero-order valence-electron chi connectivity index (χ0n) is 15.1. The lowest BCUT2D eigenvalue weighted by Gasteiger charge is -2.22. The van der Waals surface area contributed by atoms with Crippen molar-refractivity contribution in [2.45, 2.75) is 6.42 Å². The van der Waals surface area contributed by atoms with Crippen molar-refractivity contribution >= 4 is 23.1 Å². The predicted molar refractivity (Wildman–Crippen MR) is 102 cm³/mol. The Morgan fingerprint density at radius 3 is 2.44 bits per heavy atom. The van der Waals surface area contributed by atoms with Crippen LogP contribution in [0.2, 0.25) is 0 Å². The van der Waals surface area contributed by atoms with Crippen LogP contribution in [0.1, 0.15) is 27.1 Å². The number of carbonyl (C=O) groups is 2. The van der Waals surface area contributed by atoms with Crippen LogP contribution in [0.25, 0.3) is 0 Å². The molecule has 2 aromatic carbocycles. The Labute approximate surface area is 156 Å². The number of Topliss-reactive ketones (excluding diaryl/α,β-unsaturated/α-hetero) is 1. The SMILES string of the molecule is CN(C)C=C1CCN(C(=O)c2ccc([N+](=O)[O-])cc2)c2ccccc2C1=O. The van der Waals surface area contributed by atoms with Crippen LogP contribution < -0.4 is 4.90 Å². The summed E-state index contributed by atoms with van der Waals surface area (Å²) in [4.78, 5) is 39.6. The van der Waals surface area contributed by atoms with Crippen LogP contribution in [-0.2, 0) is 0 Å². The molecule has 0 atom stereocenters. The van der Waals surface area contributed by atoms with E-state index in [-0.39, 0.29) is 17.4 Å². The van der Waals surface area contributed by atoms with Gasteiger partial charge in [0.15, 0.2) is 5.78 Å². The van der Waals surface area contributed by atoms with E-state index in [1.807, 2.05) is 19.0 Å². The Hall–Kier alpha value is -3.48. The van der Waals surface area contributed by atoms with Crippen LogP contribution in [0, 0.1) is 10.1 Å².